The van der Waals surface area contributed by atoms with Crippen LogP contribution in [0.2, 0.25) is 0 Å². The average molecular weight is 384 g/mol. The fraction of sp³-hybridized carbons (Fsp3) is 0.375. The van der Waals surface area contributed by atoms with Crippen LogP contribution < -0.4 is 4.31 Å². The molecule has 1 aliphatic heterocycles. The predicted molar refractivity (Wildman–Crippen MR) is 92.1 cm³/mol. The van der Waals surface area contributed by atoms with Gasteiger partial charge in [0, 0.05) is 6.54 Å². The maximum atomic E-state index is 13.3. The van der Waals surface area contributed by atoms with Crippen LogP contribution in [0.25, 0.3) is 0 Å². The van der Waals surface area contributed by atoms with Crippen molar-refractivity contribution >= 4 is 32.3 Å². The number of benzene rings is 1. The Bertz CT molecular complexity index is 924. The first-order valence-electron chi connectivity index (χ1n) is 7.71. The van der Waals surface area contributed by atoms with Crippen LogP contribution >= 0.6 is 11.3 Å². The Balaban J connectivity index is 2.10. The molecule has 3 rings (SSSR count). The van der Waals surface area contributed by atoms with Crippen LogP contribution in [0, 0.1) is 12.7 Å². The number of hydrogen-bond acceptors (Lipinski definition) is 6. The normalized spacial score (nSPS) is 14.8. The zero-order chi connectivity index (χ0) is 18.2. The van der Waals surface area contributed by atoms with Crippen LogP contribution in [0.15, 0.2) is 23.1 Å². The number of fused-ring (bicyclic) bond motifs is 1. The fourth-order valence-electron chi connectivity index (χ4n) is 2.78. The molecule has 0 saturated carbocycles. The smallest absolute Gasteiger partial charge is 0.367 e. The van der Waals surface area contributed by atoms with Crippen LogP contribution in [-0.2, 0) is 21.2 Å². The summed E-state index contributed by atoms with van der Waals surface area (Å²) in [6.07, 6.45) is 2.04. The molecule has 0 aliphatic carbocycles. The third kappa shape index (κ3) is 3.25. The Morgan fingerprint density at radius 1 is 1.36 bits per heavy atom. The summed E-state index contributed by atoms with van der Waals surface area (Å²) in [6, 6.07) is 3.59. The quantitative estimate of drug-likeness (QED) is 0.761. The van der Waals surface area contributed by atoms with Crippen molar-refractivity contribution in [3.63, 3.8) is 0 Å². The van der Waals surface area contributed by atoms with Crippen molar-refractivity contribution in [2.45, 2.75) is 31.1 Å². The second-order valence-electron chi connectivity index (χ2n) is 5.71. The lowest BCUT2D eigenvalue weighted by molar-refractivity contribution is 0.0600. The summed E-state index contributed by atoms with van der Waals surface area (Å²) in [5.74, 6) is -1.08. The van der Waals surface area contributed by atoms with E-state index in [2.05, 4.69) is 9.72 Å². The number of aromatic nitrogens is 1. The molecule has 2 heterocycles. The molecule has 1 aromatic carbocycles. The van der Waals surface area contributed by atoms with E-state index in [1.54, 1.807) is 6.92 Å². The summed E-state index contributed by atoms with van der Waals surface area (Å²) in [7, 11) is -2.63. The molecular formula is C16H17FN2O4S2. The molecule has 0 N–H and O–H groups in total. The number of sulfonamides is 1. The van der Waals surface area contributed by atoms with Crippen molar-refractivity contribution in [3.8, 4) is 0 Å². The number of rotatable bonds is 3. The molecule has 1 aliphatic rings. The first-order chi connectivity index (χ1) is 11.8. The summed E-state index contributed by atoms with van der Waals surface area (Å²) in [5.41, 5.74) is 0.912. The first kappa shape index (κ1) is 17.8. The van der Waals surface area contributed by atoms with Crippen molar-refractivity contribution in [2.24, 2.45) is 0 Å². The van der Waals surface area contributed by atoms with Crippen LogP contribution in [0.5, 0.6) is 0 Å². The van der Waals surface area contributed by atoms with Gasteiger partial charge in [0.05, 0.1) is 17.7 Å². The lowest BCUT2D eigenvalue weighted by Gasteiger charge is -2.22. The maximum Gasteiger partial charge on any atom is 0.367 e. The number of esters is 1. The van der Waals surface area contributed by atoms with Gasteiger partial charge in [-0.2, -0.15) is 0 Å². The Labute approximate surface area is 149 Å². The molecule has 1 aromatic heterocycles. The molecule has 6 nitrogen and oxygen atoms in total. The Hall–Kier alpha value is -2.00. The van der Waals surface area contributed by atoms with E-state index >= 15 is 0 Å². The van der Waals surface area contributed by atoms with Gasteiger partial charge in [0.25, 0.3) is 10.0 Å². The molecule has 134 valence electrons. The van der Waals surface area contributed by atoms with Crippen LogP contribution in [0.3, 0.4) is 0 Å². The van der Waals surface area contributed by atoms with E-state index in [1.165, 1.54) is 23.5 Å². The van der Waals surface area contributed by atoms with Gasteiger partial charge in [-0.1, -0.05) is 11.3 Å². The Morgan fingerprint density at radius 2 is 2.12 bits per heavy atom. The molecule has 9 heteroatoms. The molecule has 0 unspecified atom stereocenters. The molecule has 0 bridgehead atoms. The van der Waals surface area contributed by atoms with Crippen molar-refractivity contribution < 1.29 is 22.3 Å². The van der Waals surface area contributed by atoms with E-state index in [4.69, 9.17) is 0 Å². The molecule has 0 fully saturated rings. The monoisotopic (exact) mass is 384 g/mol. The highest BCUT2D eigenvalue weighted by atomic mass is 32.2. The first-order valence-corrected chi connectivity index (χ1v) is 9.97. The summed E-state index contributed by atoms with van der Waals surface area (Å²) >= 11 is 1.01. The standard InChI is InChI=1S/C16H17FN2O4S2/c1-10-9-11(17)6-7-13(10)25(21,22)19-8-4-3-5-12-15(19)24-14(18-12)16(20)23-2/h6-7,9H,3-5,8H2,1-2H3. The van der Waals surface area contributed by atoms with E-state index in [1.807, 2.05) is 0 Å². The van der Waals surface area contributed by atoms with Crippen LogP contribution in [0.4, 0.5) is 9.39 Å². The number of ether oxygens (including phenoxy) is 1. The Morgan fingerprint density at radius 3 is 2.80 bits per heavy atom. The number of anilines is 1. The zero-order valence-corrected chi connectivity index (χ0v) is 15.4. The number of methoxy groups -OCH3 is 1. The second kappa shape index (κ2) is 6.72. The molecule has 0 amide bonds. The largest absolute Gasteiger partial charge is 0.464 e. The van der Waals surface area contributed by atoms with Gasteiger partial charge in [-0.25, -0.2) is 22.6 Å². The number of carbonyl (C=O) groups is 1. The average Bonchev–Trinajstić information content (AvgIpc) is 2.87. The predicted octanol–water partition coefficient (Wildman–Crippen LogP) is 2.91. The van der Waals surface area contributed by atoms with Gasteiger partial charge in [-0.3, -0.25) is 4.31 Å². The van der Waals surface area contributed by atoms with E-state index in [9.17, 15) is 17.6 Å². The van der Waals surface area contributed by atoms with Crippen LogP contribution in [0.1, 0.15) is 33.9 Å². The molecule has 0 atom stereocenters. The number of halogens is 1. The van der Waals surface area contributed by atoms with E-state index < -0.39 is 21.8 Å². The SMILES string of the molecule is COC(=O)c1nc2c(s1)N(S(=O)(=O)c1ccc(F)cc1C)CCCC2. The maximum absolute atomic E-state index is 13.3. The number of hydrogen-bond donors (Lipinski definition) is 0. The summed E-state index contributed by atoms with van der Waals surface area (Å²) in [6.45, 7) is 1.84. The lowest BCUT2D eigenvalue weighted by Crippen LogP contribution is -2.31. The van der Waals surface area contributed by atoms with Crippen molar-refractivity contribution in [3.05, 3.63) is 40.3 Å². The van der Waals surface area contributed by atoms with Crippen molar-refractivity contribution in [2.75, 3.05) is 18.0 Å². The molecule has 2 aromatic rings. The summed E-state index contributed by atoms with van der Waals surface area (Å²) in [5, 5.41) is 0.562. The zero-order valence-electron chi connectivity index (χ0n) is 13.8. The number of aryl methyl sites for hydroxylation is 2. The van der Waals surface area contributed by atoms with Gasteiger partial charge in [0.15, 0.2) is 0 Å². The minimum atomic E-state index is -3.88. The Kier molecular flexibility index (Phi) is 4.79. The number of nitrogens with zero attached hydrogens (tertiary/aromatic N) is 2. The highest BCUT2D eigenvalue weighted by Gasteiger charge is 2.32. The van der Waals surface area contributed by atoms with Gasteiger partial charge in [0.2, 0.25) is 5.01 Å². The third-order valence-corrected chi connectivity index (χ3v) is 7.17. The molecule has 0 spiro atoms. The van der Waals surface area contributed by atoms with Gasteiger partial charge >= 0.3 is 5.97 Å². The van der Waals surface area contributed by atoms with Gasteiger partial charge < -0.3 is 4.74 Å². The van der Waals surface area contributed by atoms with Gasteiger partial charge in [0.1, 0.15) is 10.8 Å². The molecular weight excluding hydrogens is 367 g/mol. The molecule has 0 saturated heterocycles. The topological polar surface area (TPSA) is 76.6 Å². The van der Waals surface area contributed by atoms with Crippen molar-refractivity contribution in [1.82, 2.24) is 4.98 Å². The minimum Gasteiger partial charge on any atom is -0.464 e. The number of carbonyl (C=O) groups excluding carboxylic acids is 1. The van der Waals surface area contributed by atoms with Gasteiger partial charge in [-0.05, 0) is 49.9 Å². The lowest BCUT2D eigenvalue weighted by atomic mass is 10.2. The van der Waals surface area contributed by atoms with Crippen LogP contribution in [-0.4, -0.2) is 33.0 Å². The van der Waals surface area contributed by atoms with E-state index in [0.717, 1.165) is 23.8 Å². The van der Waals surface area contributed by atoms with E-state index in [0.29, 0.717) is 29.1 Å². The second-order valence-corrected chi connectivity index (χ2v) is 8.51. The number of thiazole rings is 1. The summed E-state index contributed by atoms with van der Waals surface area (Å²) in [4.78, 5) is 16.1. The minimum absolute atomic E-state index is 0.0507. The van der Waals surface area contributed by atoms with Crippen molar-refractivity contribution in [1.29, 1.82) is 0 Å². The summed E-state index contributed by atoms with van der Waals surface area (Å²) < 4.78 is 45.6. The van der Waals surface area contributed by atoms with E-state index in [-0.39, 0.29) is 16.4 Å². The highest BCUT2D eigenvalue weighted by Crippen LogP contribution is 2.37. The fourth-order valence-corrected chi connectivity index (χ4v) is 5.78. The highest BCUT2D eigenvalue weighted by molar-refractivity contribution is 7.93. The third-order valence-electron chi connectivity index (χ3n) is 3.99. The van der Waals surface area contributed by atoms with Gasteiger partial charge in [-0.15, -0.1) is 0 Å². The molecule has 0 radical (unpaired) electrons. The molecule has 25 heavy (non-hydrogen) atoms.